The summed E-state index contributed by atoms with van der Waals surface area (Å²) in [6.45, 7) is 19.9. The first-order chi connectivity index (χ1) is 9.51. The molecule has 0 saturated carbocycles. The van der Waals surface area contributed by atoms with Crippen LogP contribution in [0.5, 0.6) is 0 Å². The van der Waals surface area contributed by atoms with Crippen molar-refractivity contribution < 1.29 is 48.0 Å². The van der Waals surface area contributed by atoms with Crippen molar-refractivity contribution in [2.45, 2.75) is 66.0 Å². The van der Waals surface area contributed by atoms with Crippen LogP contribution in [0.25, 0.3) is 0 Å². The van der Waals surface area contributed by atoms with Crippen molar-refractivity contribution in [3.8, 4) is 0 Å². The molecule has 23 heavy (non-hydrogen) atoms. The summed E-state index contributed by atoms with van der Waals surface area (Å²) in [5.74, 6) is 0. The van der Waals surface area contributed by atoms with Crippen molar-refractivity contribution in [2.24, 2.45) is 0 Å². The number of rotatable bonds is 4. The standard InChI is InChI=1S/2C9H15Si.2ClH.Zr/c2*1-8-5-6-9(7-8)10(2,3)4;;;/h2*6H,5H2,1-4H3;2*1H;/q;;;;+2/p-2. The smallest absolute Gasteiger partial charge is 1.00 e. The Bertz CT molecular complexity index is 533. The predicted molar refractivity (Wildman–Crippen MR) is 97.5 cm³/mol. The molecule has 0 aromatic heterocycles. The molecule has 0 heterocycles. The maximum atomic E-state index is 2.57. The molecule has 5 heteroatoms. The monoisotopic (exact) mass is 462 g/mol. The molecule has 0 aliphatic heterocycles. The van der Waals surface area contributed by atoms with Gasteiger partial charge in [0.25, 0.3) is 0 Å². The third kappa shape index (κ3) is 5.41. The van der Waals surface area contributed by atoms with Crippen LogP contribution in [0.2, 0.25) is 39.3 Å². The van der Waals surface area contributed by atoms with Crippen LogP contribution in [0, 0.1) is 0 Å². The number of hydrogen-bond donors (Lipinski definition) is 0. The molecule has 0 nitrogen and oxygen atoms in total. The Morgan fingerprint density at radius 3 is 1.26 bits per heavy atom. The van der Waals surface area contributed by atoms with E-state index in [0.29, 0.717) is 0 Å². The Hall–Kier alpha value is 0.857. The summed E-state index contributed by atoms with van der Waals surface area (Å²) in [5.41, 5.74) is 3.39. The van der Waals surface area contributed by atoms with Gasteiger partial charge in [-0.2, -0.15) is 0 Å². The fourth-order valence-electron chi connectivity index (χ4n) is 3.21. The van der Waals surface area contributed by atoms with E-state index in [0.717, 1.165) is 0 Å². The summed E-state index contributed by atoms with van der Waals surface area (Å²) < 4.78 is 3.72. The summed E-state index contributed by atoms with van der Waals surface area (Å²) in [6, 6.07) is 0. The number of halogens is 2. The van der Waals surface area contributed by atoms with Gasteiger partial charge in [-0.05, 0) is 0 Å². The third-order valence-corrected chi connectivity index (χ3v) is 14.5. The number of allylic oxidation sites excluding steroid dienone is 8. The van der Waals surface area contributed by atoms with Gasteiger partial charge in [-0.25, -0.2) is 0 Å². The largest absolute Gasteiger partial charge is 1.00 e. The van der Waals surface area contributed by atoms with Crippen LogP contribution in [-0.2, 0) is 23.2 Å². The molecule has 0 bridgehead atoms. The van der Waals surface area contributed by atoms with E-state index in [9.17, 15) is 0 Å². The fraction of sp³-hybridized carbons (Fsp3) is 0.556. The van der Waals surface area contributed by atoms with Crippen LogP contribution in [0.4, 0.5) is 0 Å². The van der Waals surface area contributed by atoms with Crippen molar-refractivity contribution >= 4 is 16.1 Å². The van der Waals surface area contributed by atoms with Crippen LogP contribution < -0.4 is 24.8 Å². The molecule has 0 atom stereocenters. The zero-order valence-electron chi connectivity index (χ0n) is 15.8. The van der Waals surface area contributed by atoms with Gasteiger partial charge in [-0.1, -0.05) is 0 Å². The predicted octanol–water partition coefficient (Wildman–Crippen LogP) is 0.0399. The Kier molecular flexibility index (Phi) is 8.81. The molecule has 0 fully saturated rings. The first-order valence-electron chi connectivity index (χ1n) is 8.10. The van der Waals surface area contributed by atoms with Crippen LogP contribution in [0.1, 0.15) is 26.7 Å². The maximum Gasteiger partial charge on any atom is -1.00 e. The fourth-order valence-corrected chi connectivity index (χ4v) is 16.2. The van der Waals surface area contributed by atoms with Gasteiger partial charge in [-0.15, -0.1) is 0 Å². The van der Waals surface area contributed by atoms with Crippen molar-refractivity contribution in [3.05, 3.63) is 40.3 Å². The van der Waals surface area contributed by atoms with Crippen molar-refractivity contribution in [1.29, 1.82) is 0 Å². The minimum Gasteiger partial charge on any atom is -1.00 e. The van der Waals surface area contributed by atoms with Gasteiger partial charge in [0.15, 0.2) is 0 Å². The van der Waals surface area contributed by atoms with E-state index in [2.05, 4.69) is 65.3 Å². The van der Waals surface area contributed by atoms with E-state index in [1.807, 2.05) is 6.56 Å². The van der Waals surface area contributed by atoms with E-state index in [4.69, 9.17) is 0 Å². The average Bonchev–Trinajstić information content (AvgIpc) is 2.84. The average molecular weight is 465 g/mol. The summed E-state index contributed by atoms with van der Waals surface area (Å²) in [6.07, 6.45) is 7.60. The summed E-state index contributed by atoms with van der Waals surface area (Å²) in [4.78, 5) is 0. The molecule has 0 aromatic carbocycles. The van der Waals surface area contributed by atoms with E-state index >= 15 is 0 Å². The molecule has 0 N–H and O–H groups in total. The Labute approximate surface area is 169 Å². The third-order valence-electron chi connectivity index (χ3n) is 4.48. The molecular weight excluding hydrogens is 435 g/mol. The first kappa shape index (κ1) is 23.9. The molecular formula is C18H30Cl2Si2Zr. The van der Waals surface area contributed by atoms with Crippen molar-refractivity contribution in [3.63, 3.8) is 0 Å². The quantitative estimate of drug-likeness (QED) is 0.516. The van der Waals surface area contributed by atoms with E-state index in [-0.39, 0.29) is 24.8 Å². The van der Waals surface area contributed by atoms with E-state index in [1.165, 1.54) is 12.8 Å². The summed E-state index contributed by atoms with van der Waals surface area (Å²) in [7, 11) is -2.35. The minimum atomic E-state index is -1.18. The van der Waals surface area contributed by atoms with Crippen molar-refractivity contribution in [1.82, 2.24) is 0 Å². The van der Waals surface area contributed by atoms with E-state index in [1.54, 1.807) is 21.5 Å². The molecule has 2 rings (SSSR count). The van der Waals surface area contributed by atoms with Crippen LogP contribution >= 0.6 is 0 Å². The molecule has 0 aromatic rings. The zero-order chi connectivity index (χ0) is 16.0. The Morgan fingerprint density at radius 2 is 1.00 bits per heavy atom. The van der Waals surface area contributed by atoms with Crippen LogP contribution in [0.3, 0.4) is 0 Å². The summed E-state index contributed by atoms with van der Waals surface area (Å²) in [5, 5.41) is 3.60. The minimum absolute atomic E-state index is 0. The van der Waals surface area contributed by atoms with Crippen molar-refractivity contribution in [2.75, 3.05) is 0 Å². The second-order valence-corrected chi connectivity index (χ2v) is 21.7. The van der Waals surface area contributed by atoms with E-state index < -0.39 is 39.4 Å². The Balaban J connectivity index is 0.00000242. The molecule has 0 radical (unpaired) electrons. The van der Waals surface area contributed by atoms with Gasteiger partial charge in [0.2, 0.25) is 0 Å². The van der Waals surface area contributed by atoms with Crippen LogP contribution in [0.15, 0.2) is 40.3 Å². The van der Waals surface area contributed by atoms with Gasteiger partial charge in [-0.3, -0.25) is 0 Å². The zero-order valence-corrected chi connectivity index (χ0v) is 21.8. The Morgan fingerprint density at radius 1 is 0.696 bits per heavy atom. The first-order valence-corrected chi connectivity index (χ1v) is 17.6. The molecule has 0 saturated heterocycles. The van der Waals surface area contributed by atoms with Gasteiger partial charge in [0.1, 0.15) is 0 Å². The van der Waals surface area contributed by atoms with Gasteiger partial charge in [0, 0.05) is 0 Å². The SMILES string of the molecule is CC1=[C]([Zr+2][C]2=C(C)CC=C2[Si](C)(C)C)C([Si](C)(C)C)=CC1.[Cl-].[Cl-]. The van der Waals surface area contributed by atoms with Gasteiger partial charge < -0.3 is 24.8 Å². The van der Waals surface area contributed by atoms with Gasteiger partial charge >= 0.3 is 146 Å². The second kappa shape index (κ2) is 8.49. The molecule has 128 valence electrons. The van der Waals surface area contributed by atoms with Gasteiger partial charge in [0.05, 0.1) is 0 Å². The topological polar surface area (TPSA) is 0 Å². The van der Waals surface area contributed by atoms with Crippen LogP contribution in [-0.4, -0.2) is 16.1 Å². The molecule has 0 spiro atoms. The molecule has 0 unspecified atom stereocenters. The number of hydrogen-bond acceptors (Lipinski definition) is 0. The maximum absolute atomic E-state index is 2.57. The second-order valence-electron chi connectivity index (χ2n) is 8.58. The molecule has 2 aliphatic rings. The molecule has 0 amide bonds. The summed E-state index contributed by atoms with van der Waals surface area (Å²) >= 11 is -0.627. The molecule has 2 aliphatic carbocycles. The normalized spacial score (nSPS) is 18.3.